The van der Waals surface area contributed by atoms with Crippen molar-refractivity contribution in [1.29, 1.82) is 0 Å². The summed E-state index contributed by atoms with van der Waals surface area (Å²) in [6.45, 7) is 2.57. The summed E-state index contributed by atoms with van der Waals surface area (Å²) >= 11 is 0. The van der Waals surface area contributed by atoms with Gasteiger partial charge in [-0.25, -0.2) is 0 Å². The fourth-order valence-corrected chi connectivity index (χ4v) is 2.35. The van der Waals surface area contributed by atoms with Crippen molar-refractivity contribution in [3.63, 3.8) is 0 Å². The predicted molar refractivity (Wildman–Crippen MR) is 68.6 cm³/mol. The summed E-state index contributed by atoms with van der Waals surface area (Å²) in [6, 6.07) is 8.66. The largest absolute Gasteiger partial charge is 0.353 e. The third kappa shape index (κ3) is 3.07. The molecule has 2 rings (SSSR count). The lowest BCUT2D eigenvalue weighted by molar-refractivity contribution is -0.122. The topological polar surface area (TPSA) is 55.1 Å². The maximum atomic E-state index is 11.8. The van der Waals surface area contributed by atoms with E-state index in [-0.39, 0.29) is 17.9 Å². The van der Waals surface area contributed by atoms with Crippen LogP contribution < -0.4 is 11.1 Å². The summed E-state index contributed by atoms with van der Waals surface area (Å²) in [7, 11) is 0. The Bertz CT molecular complexity index is 378. The summed E-state index contributed by atoms with van der Waals surface area (Å²) in [5.41, 5.74) is 8.25. The van der Waals surface area contributed by atoms with Crippen molar-refractivity contribution in [2.75, 3.05) is 6.54 Å². The van der Waals surface area contributed by atoms with Crippen LogP contribution >= 0.6 is 0 Å². The highest BCUT2D eigenvalue weighted by Gasteiger charge is 2.22. The second-order valence-corrected chi connectivity index (χ2v) is 4.99. The SMILES string of the molecule is CC(CN)CC(=O)NC1Cc2ccccc2C1. The van der Waals surface area contributed by atoms with E-state index in [1.165, 1.54) is 11.1 Å². The first-order chi connectivity index (χ1) is 8.19. The number of carbonyl (C=O) groups excluding carboxylic acids is 1. The van der Waals surface area contributed by atoms with E-state index >= 15 is 0 Å². The van der Waals surface area contributed by atoms with Gasteiger partial charge in [-0.15, -0.1) is 0 Å². The number of rotatable bonds is 4. The Morgan fingerprint density at radius 3 is 2.53 bits per heavy atom. The Hall–Kier alpha value is -1.35. The Kier molecular flexibility index (Phi) is 3.79. The molecule has 1 aliphatic carbocycles. The average molecular weight is 232 g/mol. The van der Waals surface area contributed by atoms with Crippen LogP contribution in [0.2, 0.25) is 0 Å². The minimum atomic E-state index is 0.126. The van der Waals surface area contributed by atoms with Gasteiger partial charge in [0.15, 0.2) is 0 Å². The van der Waals surface area contributed by atoms with Gasteiger partial charge in [-0.1, -0.05) is 31.2 Å². The number of benzene rings is 1. The van der Waals surface area contributed by atoms with Gasteiger partial charge in [0.05, 0.1) is 0 Å². The van der Waals surface area contributed by atoms with E-state index in [4.69, 9.17) is 5.73 Å². The molecule has 1 unspecified atom stereocenters. The predicted octanol–water partition coefficient (Wildman–Crippen LogP) is 1.25. The van der Waals surface area contributed by atoms with Crippen molar-refractivity contribution in [2.24, 2.45) is 11.7 Å². The number of amides is 1. The molecule has 1 aromatic carbocycles. The number of hydrogen-bond acceptors (Lipinski definition) is 2. The van der Waals surface area contributed by atoms with Crippen LogP contribution in [0.4, 0.5) is 0 Å². The zero-order chi connectivity index (χ0) is 12.3. The van der Waals surface area contributed by atoms with E-state index in [0.717, 1.165) is 12.8 Å². The number of fused-ring (bicyclic) bond motifs is 1. The molecule has 1 amide bonds. The fraction of sp³-hybridized carbons (Fsp3) is 0.500. The number of nitrogens with one attached hydrogen (secondary N) is 1. The molecule has 0 saturated heterocycles. The quantitative estimate of drug-likeness (QED) is 0.821. The van der Waals surface area contributed by atoms with Gasteiger partial charge >= 0.3 is 0 Å². The Labute approximate surface area is 102 Å². The van der Waals surface area contributed by atoms with Gasteiger partial charge in [0.2, 0.25) is 5.91 Å². The van der Waals surface area contributed by atoms with Crippen molar-refractivity contribution in [2.45, 2.75) is 32.2 Å². The number of carbonyl (C=O) groups is 1. The first-order valence-electron chi connectivity index (χ1n) is 6.25. The van der Waals surface area contributed by atoms with Gasteiger partial charge in [-0.05, 0) is 36.4 Å². The van der Waals surface area contributed by atoms with E-state index in [2.05, 4.69) is 29.6 Å². The molecule has 0 aliphatic heterocycles. The van der Waals surface area contributed by atoms with Crippen molar-refractivity contribution >= 4 is 5.91 Å². The van der Waals surface area contributed by atoms with Crippen molar-refractivity contribution < 1.29 is 4.79 Å². The van der Waals surface area contributed by atoms with Crippen LogP contribution in [0, 0.1) is 5.92 Å². The summed E-state index contributed by atoms with van der Waals surface area (Å²) in [6.07, 6.45) is 2.45. The smallest absolute Gasteiger partial charge is 0.220 e. The summed E-state index contributed by atoms with van der Waals surface area (Å²) in [5.74, 6) is 0.388. The molecular weight excluding hydrogens is 212 g/mol. The Morgan fingerprint density at radius 1 is 1.41 bits per heavy atom. The molecule has 3 heteroatoms. The molecule has 0 bridgehead atoms. The molecule has 0 heterocycles. The number of hydrogen-bond donors (Lipinski definition) is 2. The van der Waals surface area contributed by atoms with Gasteiger partial charge in [0, 0.05) is 12.5 Å². The molecule has 92 valence electrons. The minimum Gasteiger partial charge on any atom is -0.353 e. The molecule has 0 aromatic heterocycles. The van der Waals surface area contributed by atoms with Gasteiger partial charge in [0.25, 0.3) is 0 Å². The van der Waals surface area contributed by atoms with Crippen molar-refractivity contribution in [3.05, 3.63) is 35.4 Å². The zero-order valence-corrected chi connectivity index (χ0v) is 10.3. The average Bonchev–Trinajstić information content (AvgIpc) is 2.70. The van der Waals surface area contributed by atoms with Gasteiger partial charge in [0.1, 0.15) is 0 Å². The Balaban J connectivity index is 1.85. The van der Waals surface area contributed by atoms with Crippen molar-refractivity contribution in [1.82, 2.24) is 5.32 Å². The van der Waals surface area contributed by atoms with E-state index in [9.17, 15) is 4.79 Å². The maximum Gasteiger partial charge on any atom is 0.220 e. The van der Waals surface area contributed by atoms with Crippen molar-refractivity contribution in [3.8, 4) is 0 Å². The summed E-state index contributed by atoms with van der Waals surface area (Å²) in [4.78, 5) is 11.8. The monoisotopic (exact) mass is 232 g/mol. The molecule has 0 saturated carbocycles. The highest BCUT2D eigenvalue weighted by molar-refractivity contribution is 5.76. The molecule has 3 N–H and O–H groups in total. The van der Waals surface area contributed by atoms with E-state index < -0.39 is 0 Å². The van der Waals surface area contributed by atoms with Gasteiger partial charge in [-0.2, -0.15) is 0 Å². The lowest BCUT2D eigenvalue weighted by Crippen LogP contribution is -2.36. The maximum absolute atomic E-state index is 11.8. The first-order valence-corrected chi connectivity index (χ1v) is 6.25. The van der Waals surface area contributed by atoms with Crippen LogP contribution in [-0.2, 0) is 17.6 Å². The Morgan fingerprint density at radius 2 is 2.00 bits per heavy atom. The third-order valence-electron chi connectivity index (χ3n) is 3.35. The van der Waals surface area contributed by atoms with Crippen LogP contribution in [0.15, 0.2) is 24.3 Å². The molecular formula is C14H20N2O. The lowest BCUT2D eigenvalue weighted by Gasteiger charge is -2.14. The van der Waals surface area contributed by atoms with Gasteiger partial charge in [-0.3, -0.25) is 4.79 Å². The van der Waals surface area contributed by atoms with Crippen LogP contribution in [0.25, 0.3) is 0 Å². The molecule has 0 fully saturated rings. The number of nitrogens with two attached hydrogens (primary N) is 1. The second kappa shape index (κ2) is 5.32. The molecule has 3 nitrogen and oxygen atoms in total. The first kappa shape index (κ1) is 12.1. The summed E-state index contributed by atoms with van der Waals surface area (Å²) < 4.78 is 0. The summed E-state index contributed by atoms with van der Waals surface area (Å²) in [5, 5.41) is 3.10. The molecule has 1 aromatic rings. The van der Waals surface area contributed by atoms with E-state index in [1.807, 2.05) is 6.92 Å². The van der Waals surface area contributed by atoms with Gasteiger partial charge < -0.3 is 11.1 Å². The molecule has 0 spiro atoms. The molecule has 1 atom stereocenters. The lowest BCUT2D eigenvalue weighted by atomic mass is 10.1. The minimum absolute atomic E-state index is 0.126. The highest BCUT2D eigenvalue weighted by Crippen LogP contribution is 2.21. The van der Waals surface area contributed by atoms with E-state index in [0.29, 0.717) is 13.0 Å². The third-order valence-corrected chi connectivity index (χ3v) is 3.35. The van der Waals surface area contributed by atoms with Crippen LogP contribution in [0.1, 0.15) is 24.5 Å². The molecule has 1 aliphatic rings. The standard InChI is InChI=1S/C14H20N2O/c1-10(9-15)6-14(17)16-13-7-11-4-2-3-5-12(11)8-13/h2-5,10,13H,6-9,15H2,1H3,(H,16,17). The second-order valence-electron chi connectivity index (χ2n) is 4.99. The van der Waals surface area contributed by atoms with Crippen LogP contribution in [-0.4, -0.2) is 18.5 Å². The molecule has 17 heavy (non-hydrogen) atoms. The zero-order valence-electron chi connectivity index (χ0n) is 10.3. The van der Waals surface area contributed by atoms with Crippen LogP contribution in [0.3, 0.4) is 0 Å². The van der Waals surface area contributed by atoms with E-state index in [1.54, 1.807) is 0 Å². The fourth-order valence-electron chi connectivity index (χ4n) is 2.35. The highest BCUT2D eigenvalue weighted by atomic mass is 16.1. The normalized spacial score (nSPS) is 16.6. The molecule has 0 radical (unpaired) electrons. The van der Waals surface area contributed by atoms with Crippen LogP contribution in [0.5, 0.6) is 0 Å².